The molecule has 2 unspecified atom stereocenters. The van der Waals surface area contributed by atoms with Gasteiger partial charge in [0, 0.05) is 26.2 Å². The van der Waals surface area contributed by atoms with E-state index in [2.05, 4.69) is 5.32 Å². The van der Waals surface area contributed by atoms with E-state index >= 15 is 0 Å². The Morgan fingerprint density at radius 1 is 1.38 bits per heavy atom. The van der Waals surface area contributed by atoms with Crippen LogP contribution in [0.4, 0.5) is 4.79 Å². The fourth-order valence-corrected chi connectivity index (χ4v) is 2.77. The molecule has 1 saturated heterocycles. The summed E-state index contributed by atoms with van der Waals surface area (Å²) in [4.78, 5) is 24.8. The SMILES string of the molecule is CC(OCCCNC(=O)N1CCC(C)(C(=O)O)C1)c1ccccc1. The van der Waals surface area contributed by atoms with Gasteiger partial charge in [-0.15, -0.1) is 0 Å². The number of urea groups is 1. The number of aliphatic carboxylic acids is 1. The van der Waals surface area contributed by atoms with Gasteiger partial charge in [-0.05, 0) is 32.3 Å². The fourth-order valence-electron chi connectivity index (χ4n) is 2.77. The molecule has 2 atom stereocenters. The maximum absolute atomic E-state index is 12.1. The topological polar surface area (TPSA) is 78.9 Å². The minimum atomic E-state index is -0.846. The van der Waals surface area contributed by atoms with E-state index in [-0.39, 0.29) is 18.7 Å². The lowest BCUT2D eigenvalue weighted by molar-refractivity contribution is -0.146. The maximum Gasteiger partial charge on any atom is 0.317 e. The van der Waals surface area contributed by atoms with Crippen molar-refractivity contribution in [3.63, 3.8) is 0 Å². The number of nitrogens with one attached hydrogen (secondary N) is 1. The van der Waals surface area contributed by atoms with Crippen molar-refractivity contribution in [3.05, 3.63) is 35.9 Å². The van der Waals surface area contributed by atoms with Crippen LogP contribution >= 0.6 is 0 Å². The highest BCUT2D eigenvalue weighted by atomic mass is 16.5. The Hall–Kier alpha value is -2.08. The number of rotatable bonds is 7. The largest absolute Gasteiger partial charge is 0.481 e. The minimum absolute atomic E-state index is 0.0248. The fraction of sp³-hybridized carbons (Fsp3) is 0.556. The van der Waals surface area contributed by atoms with Crippen molar-refractivity contribution in [2.45, 2.75) is 32.8 Å². The van der Waals surface area contributed by atoms with E-state index in [9.17, 15) is 14.7 Å². The van der Waals surface area contributed by atoms with Gasteiger partial charge < -0.3 is 20.1 Å². The number of likely N-dealkylation sites (tertiary alicyclic amines) is 1. The van der Waals surface area contributed by atoms with Crippen LogP contribution in [0, 0.1) is 5.41 Å². The number of amides is 2. The maximum atomic E-state index is 12.1. The summed E-state index contributed by atoms with van der Waals surface area (Å²) in [5.74, 6) is -0.846. The highest BCUT2D eigenvalue weighted by molar-refractivity contribution is 5.79. The van der Waals surface area contributed by atoms with Crippen molar-refractivity contribution in [2.24, 2.45) is 5.41 Å². The Bertz CT molecular complexity index is 563. The molecule has 0 bridgehead atoms. The summed E-state index contributed by atoms with van der Waals surface area (Å²) in [6.07, 6.45) is 1.23. The van der Waals surface area contributed by atoms with Crippen molar-refractivity contribution in [1.29, 1.82) is 0 Å². The van der Waals surface area contributed by atoms with Crippen molar-refractivity contribution < 1.29 is 19.4 Å². The van der Waals surface area contributed by atoms with Crippen molar-refractivity contribution in [3.8, 4) is 0 Å². The van der Waals surface area contributed by atoms with E-state index in [4.69, 9.17) is 4.74 Å². The Kier molecular flexibility index (Phi) is 6.20. The first-order chi connectivity index (χ1) is 11.4. The van der Waals surface area contributed by atoms with Crippen LogP contribution in [0.5, 0.6) is 0 Å². The van der Waals surface area contributed by atoms with Crippen LogP contribution in [0.15, 0.2) is 30.3 Å². The molecule has 1 aliphatic rings. The van der Waals surface area contributed by atoms with Gasteiger partial charge in [-0.25, -0.2) is 4.79 Å². The van der Waals surface area contributed by atoms with Gasteiger partial charge >= 0.3 is 12.0 Å². The molecule has 1 heterocycles. The number of benzene rings is 1. The second-order valence-corrected chi connectivity index (χ2v) is 6.55. The smallest absolute Gasteiger partial charge is 0.317 e. The van der Waals surface area contributed by atoms with Crippen molar-refractivity contribution >= 4 is 12.0 Å². The summed E-state index contributed by atoms with van der Waals surface area (Å²) >= 11 is 0. The first-order valence-electron chi connectivity index (χ1n) is 8.35. The molecule has 24 heavy (non-hydrogen) atoms. The predicted octanol–water partition coefficient (Wildman–Crippen LogP) is 2.66. The predicted molar refractivity (Wildman–Crippen MR) is 90.8 cm³/mol. The third-order valence-corrected chi connectivity index (χ3v) is 4.51. The Labute approximate surface area is 142 Å². The van der Waals surface area contributed by atoms with Gasteiger partial charge in [0.2, 0.25) is 0 Å². The molecule has 6 nitrogen and oxygen atoms in total. The highest BCUT2D eigenvalue weighted by Crippen LogP contribution is 2.29. The lowest BCUT2D eigenvalue weighted by atomic mass is 9.90. The second kappa shape index (κ2) is 8.15. The summed E-state index contributed by atoms with van der Waals surface area (Å²) in [6.45, 7) is 5.50. The average molecular weight is 334 g/mol. The van der Waals surface area contributed by atoms with Gasteiger partial charge in [0.15, 0.2) is 0 Å². The summed E-state index contributed by atoms with van der Waals surface area (Å²) in [5, 5.41) is 12.0. The molecule has 2 N–H and O–H groups in total. The number of carboxylic acids is 1. The van der Waals surface area contributed by atoms with E-state index in [1.165, 1.54) is 0 Å². The molecule has 1 aromatic carbocycles. The lowest BCUT2D eigenvalue weighted by Gasteiger charge is -2.20. The third kappa shape index (κ3) is 4.71. The highest BCUT2D eigenvalue weighted by Gasteiger charge is 2.42. The zero-order chi connectivity index (χ0) is 17.6. The zero-order valence-corrected chi connectivity index (χ0v) is 14.3. The monoisotopic (exact) mass is 334 g/mol. The van der Waals surface area contributed by atoms with Crippen LogP contribution in [-0.2, 0) is 9.53 Å². The molecule has 6 heteroatoms. The van der Waals surface area contributed by atoms with Gasteiger partial charge in [-0.1, -0.05) is 30.3 Å². The number of nitrogens with zero attached hydrogens (tertiary/aromatic N) is 1. The van der Waals surface area contributed by atoms with Gasteiger partial charge in [-0.2, -0.15) is 0 Å². The number of carbonyl (C=O) groups is 2. The molecular formula is C18H26N2O4. The van der Waals surface area contributed by atoms with E-state index in [1.54, 1.807) is 11.8 Å². The number of ether oxygens (including phenoxy) is 1. The van der Waals surface area contributed by atoms with Crippen LogP contribution in [0.25, 0.3) is 0 Å². The van der Waals surface area contributed by atoms with Gasteiger partial charge in [0.25, 0.3) is 0 Å². The van der Waals surface area contributed by atoms with Crippen molar-refractivity contribution in [2.75, 3.05) is 26.2 Å². The summed E-state index contributed by atoms with van der Waals surface area (Å²) in [7, 11) is 0. The molecule has 0 radical (unpaired) electrons. The third-order valence-electron chi connectivity index (χ3n) is 4.51. The van der Waals surface area contributed by atoms with Gasteiger partial charge in [0.05, 0.1) is 11.5 Å². The molecular weight excluding hydrogens is 308 g/mol. The standard InChI is InChI=1S/C18H26N2O4/c1-14(15-7-4-3-5-8-15)24-12-6-10-19-17(23)20-11-9-18(2,13-20)16(21)22/h3-5,7-8,14H,6,9-13H2,1-2H3,(H,19,23)(H,21,22). The van der Waals surface area contributed by atoms with E-state index < -0.39 is 11.4 Å². The quantitative estimate of drug-likeness (QED) is 0.752. The summed E-state index contributed by atoms with van der Waals surface area (Å²) in [6, 6.07) is 9.79. The van der Waals surface area contributed by atoms with Crippen LogP contribution in [0.3, 0.4) is 0 Å². The average Bonchev–Trinajstić information content (AvgIpc) is 2.99. The molecule has 1 aromatic rings. The minimum Gasteiger partial charge on any atom is -0.481 e. The molecule has 1 aliphatic heterocycles. The lowest BCUT2D eigenvalue weighted by Crippen LogP contribution is -2.41. The molecule has 132 valence electrons. The van der Waals surface area contributed by atoms with Crippen LogP contribution in [0.1, 0.15) is 38.4 Å². The first kappa shape index (κ1) is 18.3. The second-order valence-electron chi connectivity index (χ2n) is 6.55. The summed E-state index contributed by atoms with van der Waals surface area (Å²) in [5.41, 5.74) is 0.303. The molecule has 0 spiro atoms. The Morgan fingerprint density at radius 3 is 2.71 bits per heavy atom. The number of hydrogen-bond acceptors (Lipinski definition) is 3. The van der Waals surface area contributed by atoms with E-state index in [0.29, 0.717) is 32.5 Å². The van der Waals surface area contributed by atoms with Crippen LogP contribution in [0.2, 0.25) is 0 Å². The molecule has 0 saturated carbocycles. The molecule has 2 amide bonds. The summed E-state index contributed by atoms with van der Waals surface area (Å²) < 4.78 is 5.76. The number of hydrogen-bond donors (Lipinski definition) is 2. The van der Waals surface area contributed by atoms with Gasteiger partial charge in [0.1, 0.15) is 0 Å². The Morgan fingerprint density at radius 2 is 2.08 bits per heavy atom. The zero-order valence-electron chi connectivity index (χ0n) is 14.3. The Balaban J connectivity index is 1.63. The number of carboxylic acid groups (broad SMARTS) is 1. The molecule has 1 fully saturated rings. The van der Waals surface area contributed by atoms with Gasteiger partial charge in [-0.3, -0.25) is 4.79 Å². The molecule has 0 aromatic heterocycles. The molecule has 0 aliphatic carbocycles. The van der Waals surface area contributed by atoms with Crippen LogP contribution < -0.4 is 5.32 Å². The van der Waals surface area contributed by atoms with E-state index in [1.807, 2.05) is 37.3 Å². The molecule has 2 rings (SSSR count). The first-order valence-corrected chi connectivity index (χ1v) is 8.35. The van der Waals surface area contributed by atoms with E-state index in [0.717, 1.165) is 5.56 Å². The number of carbonyl (C=O) groups excluding carboxylic acids is 1. The van der Waals surface area contributed by atoms with Crippen LogP contribution in [-0.4, -0.2) is 48.2 Å². The normalized spacial score (nSPS) is 21.5. The van der Waals surface area contributed by atoms with Crippen molar-refractivity contribution in [1.82, 2.24) is 10.2 Å².